The van der Waals surface area contributed by atoms with Gasteiger partial charge in [-0.05, 0) is 18.6 Å². The largest absolute Gasteiger partial charge is 0.364 e. The first kappa shape index (κ1) is 8.97. The molecule has 0 spiro atoms. The molecule has 0 bridgehead atoms. The molecule has 0 saturated carbocycles. The van der Waals surface area contributed by atoms with Crippen LogP contribution in [0.25, 0.3) is 0 Å². The molecule has 2 heterocycles. The molecule has 0 aromatic carbocycles. The van der Waals surface area contributed by atoms with Gasteiger partial charge in [0.25, 0.3) is 0 Å². The SMILES string of the molecule is Cc1ccnc(NC2CNC2)c1C#N. The highest BCUT2D eigenvalue weighted by molar-refractivity contribution is 5.56. The van der Waals surface area contributed by atoms with Crippen molar-refractivity contribution >= 4 is 5.82 Å². The lowest BCUT2D eigenvalue weighted by Crippen LogP contribution is -2.51. The summed E-state index contributed by atoms with van der Waals surface area (Å²) in [7, 11) is 0. The Morgan fingerprint density at radius 2 is 2.43 bits per heavy atom. The molecule has 1 saturated heterocycles. The van der Waals surface area contributed by atoms with Gasteiger partial charge in [-0.1, -0.05) is 0 Å². The Morgan fingerprint density at radius 3 is 3.00 bits per heavy atom. The van der Waals surface area contributed by atoms with Gasteiger partial charge in [0.15, 0.2) is 0 Å². The van der Waals surface area contributed by atoms with Crippen LogP contribution < -0.4 is 10.6 Å². The molecular formula is C10H12N4. The van der Waals surface area contributed by atoms with Crippen molar-refractivity contribution in [1.29, 1.82) is 5.26 Å². The summed E-state index contributed by atoms with van der Waals surface area (Å²) in [5.74, 6) is 0.707. The van der Waals surface area contributed by atoms with Gasteiger partial charge < -0.3 is 10.6 Å². The van der Waals surface area contributed by atoms with E-state index in [1.807, 2.05) is 13.0 Å². The smallest absolute Gasteiger partial charge is 0.144 e. The van der Waals surface area contributed by atoms with Crippen molar-refractivity contribution in [2.45, 2.75) is 13.0 Å². The zero-order chi connectivity index (χ0) is 9.97. The fraction of sp³-hybridized carbons (Fsp3) is 0.400. The van der Waals surface area contributed by atoms with Gasteiger partial charge in [-0.2, -0.15) is 5.26 Å². The summed E-state index contributed by atoms with van der Waals surface area (Å²) in [6, 6.07) is 4.44. The molecule has 0 radical (unpaired) electrons. The van der Waals surface area contributed by atoms with Gasteiger partial charge in [-0.15, -0.1) is 0 Å². The van der Waals surface area contributed by atoms with Crippen LogP contribution in [0.5, 0.6) is 0 Å². The zero-order valence-electron chi connectivity index (χ0n) is 8.04. The number of rotatable bonds is 2. The third-order valence-electron chi connectivity index (χ3n) is 2.39. The lowest BCUT2D eigenvalue weighted by molar-refractivity contribution is 0.471. The lowest BCUT2D eigenvalue weighted by atomic mass is 10.1. The van der Waals surface area contributed by atoms with Crippen LogP contribution in [-0.4, -0.2) is 24.1 Å². The monoisotopic (exact) mass is 188 g/mol. The fourth-order valence-corrected chi connectivity index (χ4v) is 1.39. The predicted molar refractivity (Wildman–Crippen MR) is 54.0 cm³/mol. The van der Waals surface area contributed by atoms with E-state index < -0.39 is 0 Å². The Labute approximate surface area is 83.0 Å². The summed E-state index contributed by atoms with van der Waals surface area (Å²) in [4.78, 5) is 4.17. The molecule has 14 heavy (non-hydrogen) atoms. The number of nitrogens with one attached hydrogen (secondary N) is 2. The van der Waals surface area contributed by atoms with Crippen molar-refractivity contribution < 1.29 is 0 Å². The molecule has 72 valence electrons. The molecule has 1 aromatic heterocycles. The Kier molecular flexibility index (Phi) is 2.33. The van der Waals surface area contributed by atoms with Crippen LogP contribution in [-0.2, 0) is 0 Å². The van der Waals surface area contributed by atoms with Gasteiger partial charge >= 0.3 is 0 Å². The van der Waals surface area contributed by atoms with Crippen molar-refractivity contribution in [2.75, 3.05) is 18.4 Å². The van der Waals surface area contributed by atoms with E-state index in [0.29, 0.717) is 17.4 Å². The third kappa shape index (κ3) is 1.54. The topological polar surface area (TPSA) is 60.7 Å². The second kappa shape index (κ2) is 3.64. The third-order valence-corrected chi connectivity index (χ3v) is 2.39. The highest BCUT2D eigenvalue weighted by atomic mass is 15.1. The molecule has 1 aliphatic rings. The maximum Gasteiger partial charge on any atom is 0.144 e. The van der Waals surface area contributed by atoms with Crippen LogP contribution in [0.2, 0.25) is 0 Å². The fourth-order valence-electron chi connectivity index (χ4n) is 1.39. The second-order valence-electron chi connectivity index (χ2n) is 3.46. The second-order valence-corrected chi connectivity index (χ2v) is 3.46. The predicted octanol–water partition coefficient (Wildman–Crippen LogP) is 0.645. The molecule has 1 fully saturated rings. The first-order chi connectivity index (χ1) is 6.81. The van der Waals surface area contributed by atoms with E-state index in [1.54, 1.807) is 6.20 Å². The summed E-state index contributed by atoms with van der Waals surface area (Å²) in [6.45, 7) is 3.81. The quantitative estimate of drug-likeness (QED) is 0.715. The minimum Gasteiger partial charge on any atom is -0.364 e. The van der Waals surface area contributed by atoms with E-state index in [0.717, 1.165) is 18.7 Å². The average molecular weight is 188 g/mol. The van der Waals surface area contributed by atoms with Gasteiger partial charge in [0, 0.05) is 19.3 Å². The number of anilines is 1. The molecule has 4 nitrogen and oxygen atoms in total. The van der Waals surface area contributed by atoms with E-state index in [4.69, 9.17) is 5.26 Å². The van der Waals surface area contributed by atoms with E-state index in [1.165, 1.54) is 0 Å². The Bertz CT molecular complexity index is 376. The number of nitrogens with zero attached hydrogens (tertiary/aromatic N) is 2. The summed E-state index contributed by atoms with van der Waals surface area (Å²) in [5.41, 5.74) is 1.62. The van der Waals surface area contributed by atoms with Crippen LogP contribution in [0.3, 0.4) is 0 Å². The Morgan fingerprint density at radius 1 is 1.64 bits per heavy atom. The standard InChI is InChI=1S/C10H12N4/c1-7-2-3-13-10(9(7)4-11)14-8-5-12-6-8/h2-3,8,12H,5-6H2,1H3,(H,13,14). The molecule has 1 aromatic rings. The van der Waals surface area contributed by atoms with Gasteiger partial charge in [-0.3, -0.25) is 0 Å². The first-order valence-corrected chi connectivity index (χ1v) is 4.64. The molecule has 2 rings (SSSR count). The normalized spacial score (nSPS) is 15.7. The van der Waals surface area contributed by atoms with Gasteiger partial charge in [0.1, 0.15) is 11.9 Å². The van der Waals surface area contributed by atoms with Crippen molar-refractivity contribution in [3.63, 3.8) is 0 Å². The average Bonchev–Trinajstić information content (AvgIpc) is 2.11. The van der Waals surface area contributed by atoms with E-state index >= 15 is 0 Å². The number of hydrogen-bond acceptors (Lipinski definition) is 4. The molecule has 0 amide bonds. The molecule has 1 aliphatic heterocycles. The zero-order valence-corrected chi connectivity index (χ0v) is 8.04. The van der Waals surface area contributed by atoms with Crippen molar-refractivity contribution in [1.82, 2.24) is 10.3 Å². The van der Waals surface area contributed by atoms with Gasteiger partial charge in [0.05, 0.1) is 11.6 Å². The van der Waals surface area contributed by atoms with E-state index in [2.05, 4.69) is 21.7 Å². The highest BCUT2D eigenvalue weighted by Gasteiger charge is 2.18. The van der Waals surface area contributed by atoms with Crippen LogP contribution >= 0.6 is 0 Å². The number of aryl methyl sites for hydroxylation is 1. The molecule has 2 N–H and O–H groups in total. The summed E-state index contributed by atoms with van der Waals surface area (Å²) >= 11 is 0. The summed E-state index contributed by atoms with van der Waals surface area (Å²) in [5, 5.41) is 15.4. The maximum atomic E-state index is 8.96. The molecule has 0 unspecified atom stereocenters. The van der Waals surface area contributed by atoms with Crippen LogP contribution in [0.4, 0.5) is 5.82 Å². The van der Waals surface area contributed by atoms with Crippen molar-refractivity contribution in [2.24, 2.45) is 0 Å². The maximum absolute atomic E-state index is 8.96. The van der Waals surface area contributed by atoms with Crippen LogP contribution in [0.1, 0.15) is 11.1 Å². The first-order valence-electron chi connectivity index (χ1n) is 4.64. The van der Waals surface area contributed by atoms with Crippen molar-refractivity contribution in [3.8, 4) is 6.07 Å². The molecule has 4 heteroatoms. The summed E-state index contributed by atoms with van der Waals surface area (Å²) < 4.78 is 0. The van der Waals surface area contributed by atoms with Crippen LogP contribution in [0, 0.1) is 18.3 Å². The van der Waals surface area contributed by atoms with Crippen LogP contribution in [0.15, 0.2) is 12.3 Å². The molecule has 0 aliphatic carbocycles. The number of nitriles is 1. The van der Waals surface area contributed by atoms with E-state index in [9.17, 15) is 0 Å². The van der Waals surface area contributed by atoms with Gasteiger partial charge in [-0.25, -0.2) is 4.98 Å². The molecular weight excluding hydrogens is 176 g/mol. The Hall–Kier alpha value is -1.60. The van der Waals surface area contributed by atoms with Crippen molar-refractivity contribution in [3.05, 3.63) is 23.4 Å². The highest BCUT2D eigenvalue weighted by Crippen LogP contribution is 2.16. The van der Waals surface area contributed by atoms with E-state index in [-0.39, 0.29) is 0 Å². The lowest BCUT2D eigenvalue weighted by Gasteiger charge is -2.28. The minimum absolute atomic E-state index is 0.413. The minimum atomic E-state index is 0.413. The number of hydrogen-bond donors (Lipinski definition) is 2. The molecule has 0 atom stereocenters. The number of pyridine rings is 1. The Balaban J connectivity index is 2.23. The summed E-state index contributed by atoms with van der Waals surface area (Å²) in [6.07, 6.45) is 1.73. The number of aromatic nitrogens is 1. The van der Waals surface area contributed by atoms with Gasteiger partial charge in [0.2, 0.25) is 0 Å².